The summed E-state index contributed by atoms with van der Waals surface area (Å²) in [6.07, 6.45) is 2.65. The van der Waals surface area contributed by atoms with Crippen LogP contribution in [0.15, 0.2) is 47.4 Å². The Bertz CT molecular complexity index is 1310. The lowest BCUT2D eigenvalue weighted by atomic mass is 9.92. The van der Waals surface area contributed by atoms with Crippen LogP contribution in [-0.4, -0.2) is 50.9 Å². The number of methoxy groups -OCH3 is 1. The van der Waals surface area contributed by atoms with Gasteiger partial charge in [0.05, 0.1) is 17.7 Å². The van der Waals surface area contributed by atoms with Gasteiger partial charge in [-0.2, -0.15) is 0 Å². The number of nitrogens with one attached hydrogen (secondary N) is 3. The minimum Gasteiger partial charge on any atom is -0.495 e. The smallest absolute Gasteiger partial charge is 0.325 e. The fraction of sp³-hybridized carbons (Fsp3) is 0.348. The van der Waals surface area contributed by atoms with Crippen molar-refractivity contribution in [3.8, 4) is 5.75 Å². The molecule has 1 saturated heterocycles. The van der Waals surface area contributed by atoms with Crippen LogP contribution in [0.5, 0.6) is 5.75 Å². The summed E-state index contributed by atoms with van der Waals surface area (Å²) in [6, 6.07) is 10.8. The molecule has 34 heavy (non-hydrogen) atoms. The quantitative estimate of drug-likeness (QED) is 0.510. The second kappa shape index (κ2) is 8.10. The van der Waals surface area contributed by atoms with E-state index < -0.39 is 40.0 Å². The molecule has 0 unspecified atom stereocenters. The Kier molecular flexibility index (Phi) is 5.33. The Balaban J connectivity index is 1.34. The number of benzene rings is 2. The normalized spacial score (nSPS) is 21.5. The molecule has 2 aromatic carbocycles. The summed E-state index contributed by atoms with van der Waals surface area (Å²) in [6.45, 7) is -0.519. The molecule has 3 N–H and O–H groups in total. The molecule has 2 aliphatic carbocycles. The van der Waals surface area contributed by atoms with E-state index >= 15 is 0 Å². The lowest BCUT2D eigenvalue weighted by molar-refractivity contribution is -0.134. The van der Waals surface area contributed by atoms with E-state index in [0.29, 0.717) is 12.8 Å². The third-order valence-electron chi connectivity index (χ3n) is 6.38. The van der Waals surface area contributed by atoms with Crippen LogP contribution < -0.4 is 20.1 Å². The molecular formula is C23H24N4O6S. The molecule has 1 atom stereocenters. The molecule has 2 fully saturated rings. The number of ether oxygens (including phenoxy) is 1. The molecular weight excluding hydrogens is 460 g/mol. The Morgan fingerprint density at radius 3 is 2.71 bits per heavy atom. The van der Waals surface area contributed by atoms with Crippen molar-refractivity contribution in [2.45, 2.75) is 42.2 Å². The van der Waals surface area contributed by atoms with Gasteiger partial charge in [0.1, 0.15) is 17.8 Å². The second-order valence-corrected chi connectivity index (χ2v) is 10.4. The van der Waals surface area contributed by atoms with Crippen molar-refractivity contribution in [1.29, 1.82) is 0 Å². The first-order valence-electron chi connectivity index (χ1n) is 11.0. The highest BCUT2D eigenvalue weighted by atomic mass is 32.2. The van der Waals surface area contributed by atoms with Crippen LogP contribution in [0, 0.1) is 0 Å². The molecule has 0 aromatic heterocycles. The maximum atomic E-state index is 13.3. The van der Waals surface area contributed by atoms with E-state index in [1.54, 1.807) is 0 Å². The summed E-state index contributed by atoms with van der Waals surface area (Å²) >= 11 is 0. The Morgan fingerprint density at radius 1 is 1.21 bits per heavy atom. The topological polar surface area (TPSA) is 134 Å². The molecule has 10 nitrogen and oxygen atoms in total. The van der Waals surface area contributed by atoms with Crippen LogP contribution in [0.3, 0.4) is 0 Å². The molecule has 1 saturated carbocycles. The lowest BCUT2D eigenvalue weighted by Gasteiger charge is -2.22. The summed E-state index contributed by atoms with van der Waals surface area (Å²) in [5.41, 5.74) is 0.705. The van der Waals surface area contributed by atoms with Crippen molar-refractivity contribution in [2.24, 2.45) is 0 Å². The first-order valence-corrected chi connectivity index (χ1v) is 12.4. The summed E-state index contributed by atoms with van der Waals surface area (Å²) in [5.74, 6) is -0.888. The van der Waals surface area contributed by atoms with Gasteiger partial charge in [0.15, 0.2) is 0 Å². The molecule has 1 aliphatic heterocycles. The van der Waals surface area contributed by atoms with Crippen molar-refractivity contribution in [1.82, 2.24) is 14.9 Å². The molecule has 4 amide bonds. The molecule has 2 aromatic rings. The predicted octanol–water partition coefficient (Wildman–Crippen LogP) is 1.47. The Morgan fingerprint density at radius 2 is 1.97 bits per heavy atom. The van der Waals surface area contributed by atoms with E-state index in [1.165, 1.54) is 25.3 Å². The zero-order chi connectivity index (χ0) is 24.1. The number of nitrogens with zero attached hydrogens (tertiary/aromatic N) is 1. The number of hydrogen-bond acceptors (Lipinski definition) is 6. The maximum Gasteiger partial charge on any atom is 0.325 e. The van der Waals surface area contributed by atoms with Gasteiger partial charge in [-0.25, -0.2) is 17.9 Å². The number of fused-ring (bicyclic) bond motifs is 2. The van der Waals surface area contributed by atoms with Crippen molar-refractivity contribution in [3.63, 3.8) is 0 Å². The SMILES string of the molecule is COc1ccc(S(=O)(=O)NC2CC2)cc1NC(=O)CN1C(=O)N[C@@]2(CCc3ccccc32)C1=O. The lowest BCUT2D eigenvalue weighted by Crippen LogP contribution is -2.43. The second-order valence-electron chi connectivity index (χ2n) is 8.69. The number of sulfonamides is 1. The molecule has 3 aliphatic rings. The predicted molar refractivity (Wildman–Crippen MR) is 122 cm³/mol. The molecule has 178 valence electrons. The number of hydrogen-bond donors (Lipinski definition) is 3. The van der Waals surface area contributed by atoms with E-state index in [-0.39, 0.29) is 22.4 Å². The van der Waals surface area contributed by atoms with Gasteiger partial charge in [0.2, 0.25) is 15.9 Å². The molecule has 0 radical (unpaired) electrons. The number of imide groups is 1. The van der Waals surface area contributed by atoms with Gasteiger partial charge in [-0.05, 0) is 55.0 Å². The summed E-state index contributed by atoms with van der Waals surface area (Å²) in [7, 11) is -2.36. The number of aryl methyl sites for hydroxylation is 1. The van der Waals surface area contributed by atoms with Crippen LogP contribution in [0.25, 0.3) is 0 Å². The van der Waals surface area contributed by atoms with E-state index in [0.717, 1.165) is 28.9 Å². The maximum absolute atomic E-state index is 13.3. The molecule has 1 spiro atoms. The summed E-state index contributed by atoms with van der Waals surface area (Å²) < 4.78 is 32.9. The average Bonchev–Trinajstić information content (AvgIpc) is 3.49. The van der Waals surface area contributed by atoms with Crippen LogP contribution >= 0.6 is 0 Å². The van der Waals surface area contributed by atoms with Crippen LogP contribution in [-0.2, 0) is 31.6 Å². The van der Waals surface area contributed by atoms with Gasteiger partial charge >= 0.3 is 6.03 Å². The third kappa shape index (κ3) is 3.80. The zero-order valence-electron chi connectivity index (χ0n) is 18.5. The number of urea groups is 1. The first kappa shape index (κ1) is 22.4. The van der Waals surface area contributed by atoms with Gasteiger partial charge < -0.3 is 15.4 Å². The van der Waals surface area contributed by atoms with Gasteiger partial charge in [-0.15, -0.1) is 0 Å². The van der Waals surface area contributed by atoms with Gasteiger partial charge in [-0.1, -0.05) is 24.3 Å². The number of carbonyl (C=O) groups excluding carboxylic acids is 3. The van der Waals surface area contributed by atoms with Crippen molar-refractivity contribution in [3.05, 3.63) is 53.6 Å². The molecule has 5 rings (SSSR count). The highest BCUT2D eigenvalue weighted by molar-refractivity contribution is 7.89. The van der Waals surface area contributed by atoms with Crippen LogP contribution in [0.4, 0.5) is 10.5 Å². The largest absolute Gasteiger partial charge is 0.495 e. The van der Waals surface area contributed by atoms with Crippen molar-refractivity contribution < 1.29 is 27.5 Å². The highest BCUT2D eigenvalue weighted by Crippen LogP contribution is 2.41. The Hall–Kier alpha value is -3.44. The van der Waals surface area contributed by atoms with Gasteiger partial charge in [0.25, 0.3) is 5.91 Å². The fourth-order valence-electron chi connectivity index (χ4n) is 4.51. The monoisotopic (exact) mass is 484 g/mol. The molecule has 0 bridgehead atoms. The van der Waals surface area contributed by atoms with E-state index in [4.69, 9.17) is 4.74 Å². The Labute approximate surface area is 196 Å². The molecule has 11 heteroatoms. The number of carbonyl (C=O) groups is 3. The minimum atomic E-state index is -3.75. The van der Waals surface area contributed by atoms with E-state index in [1.807, 2.05) is 24.3 Å². The highest BCUT2D eigenvalue weighted by Gasteiger charge is 2.55. The molecule has 1 heterocycles. The minimum absolute atomic E-state index is 0.0213. The van der Waals surface area contributed by atoms with Gasteiger partial charge in [-0.3, -0.25) is 14.5 Å². The average molecular weight is 485 g/mol. The number of amides is 4. The van der Waals surface area contributed by atoms with Crippen molar-refractivity contribution in [2.75, 3.05) is 19.0 Å². The standard InChI is InChI=1S/C23H24N4O6S/c1-33-19-9-8-16(34(31,32)26-15-6-7-15)12-18(19)24-20(28)13-27-21(29)23(25-22(27)30)11-10-14-4-2-3-5-17(14)23/h2-5,8-9,12,15,26H,6-7,10-11,13H2,1H3,(H,24,28)(H,25,30)/t23-/m1/s1. The van der Waals surface area contributed by atoms with E-state index in [2.05, 4.69) is 15.4 Å². The third-order valence-corrected chi connectivity index (χ3v) is 7.90. The first-order chi connectivity index (χ1) is 16.2. The van der Waals surface area contributed by atoms with Crippen LogP contribution in [0.1, 0.15) is 30.4 Å². The number of rotatable bonds is 7. The van der Waals surface area contributed by atoms with Gasteiger partial charge in [0, 0.05) is 6.04 Å². The van der Waals surface area contributed by atoms with Crippen molar-refractivity contribution >= 4 is 33.6 Å². The zero-order valence-corrected chi connectivity index (χ0v) is 19.3. The van der Waals surface area contributed by atoms with E-state index in [9.17, 15) is 22.8 Å². The summed E-state index contributed by atoms with van der Waals surface area (Å²) in [5, 5.41) is 5.35. The fourth-order valence-corrected chi connectivity index (χ4v) is 5.84. The van der Waals surface area contributed by atoms with Crippen LogP contribution in [0.2, 0.25) is 0 Å². The number of anilines is 1. The summed E-state index contributed by atoms with van der Waals surface area (Å²) in [4.78, 5) is 39.6.